The number of rotatable bonds is 5. The molecule has 0 saturated carbocycles. The summed E-state index contributed by atoms with van der Waals surface area (Å²) in [5, 5.41) is 4.96. The first kappa shape index (κ1) is 17.3. The molecule has 4 rings (SSSR count). The van der Waals surface area contributed by atoms with Crippen LogP contribution in [0.5, 0.6) is 5.75 Å². The Morgan fingerprint density at radius 2 is 2.04 bits per heavy atom. The van der Waals surface area contributed by atoms with Crippen molar-refractivity contribution in [3.8, 4) is 5.75 Å². The monoisotopic (exact) mass is 382 g/mol. The predicted octanol–water partition coefficient (Wildman–Crippen LogP) is 3.24. The molecule has 2 heterocycles. The summed E-state index contributed by atoms with van der Waals surface area (Å²) < 4.78 is 21.5. The molecule has 0 saturated heterocycles. The summed E-state index contributed by atoms with van der Waals surface area (Å²) in [7, 11) is 1.60. The smallest absolute Gasteiger partial charge is 0.350 e. The van der Waals surface area contributed by atoms with Crippen molar-refractivity contribution < 1.29 is 9.13 Å². The Bertz CT molecular complexity index is 1170. The van der Waals surface area contributed by atoms with Crippen molar-refractivity contribution in [2.45, 2.75) is 16.5 Å². The lowest BCUT2D eigenvalue weighted by Crippen LogP contribution is -2.21. The molecular weight excluding hydrogens is 367 g/mol. The average molecular weight is 382 g/mol. The normalized spacial score (nSPS) is 11.0. The van der Waals surface area contributed by atoms with Crippen LogP contribution in [0.3, 0.4) is 0 Å². The first-order valence-corrected chi connectivity index (χ1v) is 8.96. The van der Waals surface area contributed by atoms with Gasteiger partial charge >= 0.3 is 5.69 Å². The lowest BCUT2D eigenvalue weighted by molar-refractivity contribution is 0.414. The Balaban J connectivity index is 1.71. The Kier molecular flexibility index (Phi) is 4.64. The van der Waals surface area contributed by atoms with E-state index in [0.717, 1.165) is 5.56 Å². The Morgan fingerprint density at radius 3 is 2.85 bits per heavy atom. The number of methoxy groups -OCH3 is 1. The maximum absolute atomic E-state index is 13.4. The molecule has 0 aliphatic carbocycles. The van der Waals surface area contributed by atoms with E-state index in [4.69, 9.17) is 4.74 Å². The van der Waals surface area contributed by atoms with Crippen LogP contribution in [-0.2, 0) is 6.54 Å². The van der Waals surface area contributed by atoms with Crippen LogP contribution in [0.15, 0.2) is 75.6 Å². The zero-order valence-electron chi connectivity index (χ0n) is 14.4. The number of benzene rings is 2. The van der Waals surface area contributed by atoms with E-state index in [9.17, 15) is 9.18 Å². The fraction of sp³-hybridized carbons (Fsp3) is 0.105. The van der Waals surface area contributed by atoms with Gasteiger partial charge < -0.3 is 4.74 Å². The predicted molar refractivity (Wildman–Crippen MR) is 99.9 cm³/mol. The summed E-state index contributed by atoms with van der Waals surface area (Å²) in [5.74, 6) is 0.390. The highest BCUT2D eigenvalue weighted by atomic mass is 32.2. The van der Waals surface area contributed by atoms with Crippen molar-refractivity contribution in [3.05, 3.63) is 82.8 Å². The minimum Gasteiger partial charge on any atom is -0.497 e. The molecule has 4 aromatic rings. The second kappa shape index (κ2) is 7.24. The first-order chi connectivity index (χ1) is 13.1. The third-order valence-electron chi connectivity index (χ3n) is 3.95. The minimum atomic E-state index is -0.326. The van der Waals surface area contributed by atoms with Gasteiger partial charge in [-0.2, -0.15) is 0 Å². The van der Waals surface area contributed by atoms with Crippen molar-refractivity contribution >= 4 is 17.4 Å². The molecule has 8 heteroatoms. The van der Waals surface area contributed by atoms with Gasteiger partial charge in [0, 0.05) is 17.3 Å². The van der Waals surface area contributed by atoms with Gasteiger partial charge in [-0.15, -0.1) is 5.10 Å². The number of ether oxygens (including phenoxy) is 1. The van der Waals surface area contributed by atoms with Crippen molar-refractivity contribution in [2.24, 2.45) is 0 Å². The Labute approximate surface area is 158 Å². The highest BCUT2D eigenvalue weighted by Gasteiger charge is 2.13. The summed E-state index contributed by atoms with van der Waals surface area (Å²) in [6.07, 6.45) is 3.11. The molecule has 0 bridgehead atoms. The second-order valence-electron chi connectivity index (χ2n) is 5.78. The SMILES string of the molecule is COc1cccc(Cn2nc3c(Sc4cccc(F)c4)nccn3c2=O)c1. The van der Waals surface area contributed by atoms with Gasteiger partial charge in [-0.05, 0) is 35.9 Å². The third kappa shape index (κ3) is 3.56. The zero-order chi connectivity index (χ0) is 18.8. The van der Waals surface area contributed by atoms with Crippen LogP contribution in [0, 0.1) is 5.82 Å². The first-order valence-electron chi connectivity index (χ1n) is 8.14. The number of hydrogen-bond donors (Lipinski definition) is 0. The molecular formula is C19H15FN4O2S. The van der Waals surface area contributed by atoms with Gasteiger partial charge in [0.2, 0.25) is 0 Å². The Morgan fingerprint density at radius 1 is 1.19 bits per heavy atom. The van der Waals surface area contributed by atoms with Gasteiger partial charge in [-0.3, -0.25) is 0 Å². The second-order valence-corrected chi connectivity index (χ2v) is 6.84. The summed E-state index contributed by atoms with van der Waals surface area (Å²) >= 11 is 1.26. The van der Waals surface area contributed by atoms with E-state index < -0.39 is 0 Å². The third-order valence-corrected chi connectivity index (χ3v) is 4.92. The average Bonchev–Trinajstić information content (AvgIpc) is 2.99. The van der Waals surface area contributed by atoms with Crippen LogP contribution in [0.25, 0.3) is 5.65 Å². The molecule has 6 nitrogen and oxygen atoms in total. The van der Waals surface area contributed by atoms with E-state index in [0.29, 0.717) is 27.9 Å². The number of fused-ring (bicyclic) bond motifs is 1. The van der Waals surface area contributed by atoms with E-state index in [2.05, 4.69) is 10.1 Å². The molecule has 0 radical (unpaired) electrons. The van der Waals surface area contributed by atoms with Gasteiger partial charge in [0.15, 0.2) is 5.65 Å². The topological polar surface area (TPSA) is 61.4 Å². The van der Waals surface area contributed by atoms with Gasteiger partial charge in [0.1, 0.15) is 16.6 Å². The Hall–Kier alpha value is -3.13. The summed E-state index contributed by atoms with van der Waals surface area (Å²) in [5.41, 5.74) is 1.06. The summed E-state index contributed by atoms with van der Waals surface area (Å²) in [6, 6.07) is 13.7. The van der Waals surface area contributed by atoms with Crippen LogP contribution >= 0.6 is 11.8 Å². The van der Waals surface area contributed by atoms with E-state index in [-0.39, 0.29) is 11.5 Å². The fourth-order valence-electron chi connectivity index (χ4n) is 2.69. The molecule has 2 aromatic heterocycles. The van der Waals surface area contributed by atoms with Crippen LogP contribution in [-0.4, -0.2) is 26.3 Å². The summed E-state index contributed by atoms with van der Waals surface area (Å²) in [6.45, 7) is 0.307. The molecule has 0 unspecified atom stereocenters. The number of halogens is 1. The highest BCUT2D eigenvalue weighted by Crippen LogP contribution is 2.28. The zero-order valence-corrected chi connectivity index (χ0v) is 15.2. The lowest BCUT2D eigenvalue weighted by Gasteiger charge is -2.03. The molecule has 0 N–H and O–H groups in total. The van der Waals surface area contributed by atoms with Crippen LogP contribution < -0.4 is 10.4 Å². The number of hydrogen-bond acceptors (Lipinski definition) is 5. The van der Waals surface area contributed by atoms with Crippen molar-refractivity contribution in [2.75, 3.05) is 7.11 Å². The largest absolute Gasteiger partial charge is 0.497 e. The van der Waals surface area contributed by atoms with Gasteiger partial charge in [0.25, 0.3) is 0 Å². The lowest BCUT2D eigenvalue weighted by atomic mass is 10.2. The standard InChI is InChI=1S/C19H15FN4O2S/c1-26-15-6-2-4-13(10-15)12-24-19(25)23-9-8-21-18(17(23)22-24)27-16-7-3-5-14(20)11-16/h2-11H,12H2,1H3. The van der Waals surface area contributed by atoms with Gasteiger partial charge in [-0.25, -0.2) is 23.3 Å². The van der Waals surface area contributed by atoms with Crippen LogP contribution in [0.1, 0.15) is 5.56 Å². The van der Waals surface area contributed by atoms with E-state index in [1.54, 1.807) is 25.4 Å². The maximum atomic E-state index is 13.4. The minimum absolute atomic E-state index is 0.267. The molecule has 0 amide bonds. The van der Waals surface area contributed by atoms with Crippen LogP contribution in [0.2, 0.25) is 0 Å². The molecule has 0 aliphatic rings. The van der Waals surface area contributed by atoms with Crippen molar-refractivity contribution in [3.63, 3.8) is 0 Å². The molecule has 0 fully saturated rings. The molecule has 0 spiro atoms. The molecule has 0 atom stereocenters. The number of aromatic nitrogens is 4. The van der Waals surface area contributed by atoms with E-state index in [1.807, 2.05) is 24.3 Å². The van der Waals surface area contributed by atoms with E-state index in [1.165, 1.54) is 39.2 Å². The van der Waals surface area contributed by atoms with Crippen LogP contribution in [0.4, 0.5) is 4.39 Å². The molecule has 27 heavy (non-hydrogen) atoms. The molecule has 0 aliphatic heterocycles. The van der Waals surface area contributed by atoms with Gasteiger partial charge in [0.05, 0.1) is 13.7 Å². The maximum Gasteiger partial charge on any atom is 0.350 e. The summed E-state index contributed by atoms with van der Waals surface area (Å²) in [4.78, 5) is 17.7. The van der Waals surface area contributed by atoms with Crippen molar-refractivity contribution in [1.82, 2.24) is 19.2 Å². The quantitative estimate of drug-likeness (QED) is 0.530. The molecule has 136 valence electrons. The fourth-order valence-corrected chi connectivity index (χ4v) is 3.57. The molecule has 2 aromatic carbocycles. The van der Waals surface area contributed by atoms with E-state index >= 15 is 0 Å². The van der Waals surface area contributed by atoms with Gasteiger partial charge in [-0.1, -0.05) is 30.0 Å². The van der Waals surface area contributed by atoms with Crippen molar-refractivity contribution in [1.29, 1.82) is 0 Å². The highest BCUT2D eigenvalue weighted by molar-refractivity contribution is 7.99. The number of nitrogens with zero attached hydrogens (tertiary/aromatic N) is 4.